The van der Waals surface area contributed by atoms with Crippen molar-refractivity contribution in [2.45, 2.75) is 0 Å². The van der Waals surface area contributed by atoms with Crippen LogP contribution in [0.5, 0.6) is 0 Å². The average molecular weight is 602 g/mol. The van der Waals surface area contributed by atoms with E-state index in [1.807, 2.05) is 18.2 Å². The standard InChI is InChI=1S/C44H27NO2/c1-2-9-28(10-3-1)29-19-23-32(24-20-29)45(37-13-8-16-40-43(37)34-11-4-6-14-38(34)46-40)33-25-21-30-17-18-31-22-26-41-44(42(31)36(30)27-33)35-12-5-7-15-39(35)47-41/h1-27H. The van der Waals surface area contributed by atoms with Crippen molar-refractivity contribution in [3.8, 4) is 11.1 Å². The van der Waals surface area contributed by atoms with Crippen LogP contribution >= 0.6 is 0 Å². The Morgan fingerprint density at radius 3 is 1.70 bits per heavy atom. The Bertz CT molecular complexity index is 2790. The van der Waals surface area contributed by atoms with E-state index in [4.69, 9.17) is 8.83 Å². The summed E-state index contributed by atoms with van der Waals surface area (Å²) < 4.78 is 12.7. The van der Waals surface area contributed by atoms with E-state index < -0.39 is 0 Å². The number of hydrogen-bond acceptors (Lipinski definition) is 3. The summed E-state index contributed by atoms with van der Waals surface area (Å²) in [6, 6.07) is 57.9. The summed E-state index contributed by atoms with van der Waals surface area (Å²) >= 11 is 0. The van der Waals surface area contributed by atoms with E-state index in [9.17, 15) is 0 Å². The zero-order chi connectivity index (χ0) is 30.9. The third kappa shape index (κ3) is 4.00. The topological polar surface area (TPSA) is 29.5 Å². The van der Waals surface area contributed by atoms with Gasteiger partial charge in [-0.2, -0.15) is 0 Å². The summed E-state index contributed by atoms with van der Waals surface area (Å²) in [5.41, 5.74) is 9.14. The first kappa shape index (κ1) is 26.0. The summed E-state index contributed by atoms with van der Waals surface area (Å²) in [6.07, 6.45) is 0. The fourth-order valence-electron chi connectivity index (χ4n) is 7.29. The van der Waals surface area contributed by atoms with E-state index in [-0.39, 0.29) is 0 Å². The van der Waals surface area contributed by atoms with Gasteiger partial charge in [0.25, 0.3) is 0 Å². The normalized spacial score (nSPS) is 11.8. The van der Waals surface area contributed by atoms with E-state index >= 15 is 0 Å². The molecule has 10 aromatic rings. The van der Waals surface area contributed by atoms with Crippen molar-refractivity contribution in [2.75, 3.05) is 4.90 Å². The van der Waals surface area contributed by atoms with Gasteiger partial charge < -0.3 is 13.7 Å². The van der Waals surface area contributed by atoms with Gasteiger partial charge in [-0.25, -0.2) is 0 Å². The number of rotatable bonds is 4. The summed E-state index contributed by atoms with van der Waals surface area (Å²) in [5, 5.41) is 9.25. The summed E-state index contributed by atoms with van der Waals surface area (Å²) in [7, 11) is 0. The fraction of sp³-hybridized carbons (Fsp3) is 0. The Labute approximate surface area is 270 Å². The van der Waals surface area contributed by atoms with Gasteiger partial charge in [0.05, 0.1) is 11.1 Å². The fourth-order valence-corrected chi connectivity index (χ4v) is 7.29. The van der Waals surface area contributed by atoms with Crippen molar-refractivity contribution in [1.82, 2.24) is 0 Å². The van der Waals surface area contributed by atoms with E-state index in [2.05, 4.69) is 150 Å². The van der Waals surface area contributed by atoms with E-state index in [1.165, 1.54) is 32.7 Å². The molecule has 2 heterocycles. The minimum Gasteiger partial charge on any atom is -0.456 e. The first-order chi connectivity index (χ1) is 23.3. The van der Waals surface area contributed by atoms with Gasteiger partial charge in [0.2, 0.25) is 0 Å². The Kier molecular flexibility index (Phi) is 5.57. The molecule has 3 nitrogen and oxygen atoms in total. The second kappa shape index (κ2) is 10.1. The Morgan fingerprint density at radius 2 is 0.915 bits per heavy atom. The highest BCUT2D eigenvalue weighted by atomic mass is 16.3. The highest BCUT2D eigenvalue weighted by Gasteiger charge is 2.21. The molecular formula is C44H27NO2. The molecule has 47 heavy (non-hydrogen) atoms. The van der Waals surface area contributed by atoms with Gasteiger partial charge in [0.1, 0.15) is 22.3 Å². The molecule has 10 rings (SSSR count). The molecule has 0 fully saturated rings. The van der Waals surface area contributed by atoms with Gasteiger partial charge in [-0.1, -0.05) is 109 Å². The number of nitrogens with zero attached hydrogens (tertiary/aromatic N) is 1. The highest BCUT2D eigenvalue weighted by Crippen LogP contribution is 2.45. The lowest BCUT2D eigenvalue weighted by molar-refractivity contribution is 0.668. The highest BCUT2D eigenvalue weighted by molar-refractivity contribution is 6.27. The van der Waals surface area contributed by atoms with Crippen LogP contribution in [0.15, 0.2) is 173 Å². The number of anilines is 3. The molecule has 0 radical (unpaired) electrons. The number of para-hydroxylation sites is 2. The predicted molar refractivity (Wildman–Crippen MR) is 196 cm³/mol. The Morgan fingerprint density at radius 1 is 0.340 bits per heavy atom. The number of fused-ring (bicyclic) bond motifs is 10. The van der Waals surface area contributed by atoms with Crippen molar-refractivity contribution >= 4 is 82.5 Å². The third-order valence-electron chi connectivity index (χ3n) is 9.44. The van der Waals surface area contributed by atoms with Crippen molar-refractivity contribution in [2.24, 2.45) is 0 Å². The van der Waals surface area contributed by atoms with Crippen LogP contribution in [0.4, 0.5) is 17.1 Å². The molecule has 0 aliphatic heterocycles. The molecule has 3 heteroatoms. The van der Waals surface area contributed by atoms with Crippen LogP contribution in [-0.4, -0.2) is 0 Å². The zero-order valence-electron chi connectivity index (χ0n) is 25.4. The van der Waals surface area contributed by atoms with Crippen LogP contribution in [0.1, 0.15) is 0 Å². The lowest BCUT2D eigenvalue weighted by Crippen LogP contribution is -2.10. The van der Waals surface area contributed by atoms with Gasteiger partial charge in [0, 0.05) is 32.9 Å². The van der Waals surface area contributed by atoms with Gasteiger partial charge in [0.15, 0.2) is 0 Å². The zero-order valence-corrected chi connectivity index (χ0v) is 25.4. The van der Waals surface area contributed by atoms with Crippen molar-refractivity contribution in [3.63, 3.8) is 0 Å². The molecule has 220 valence electrons. The molecule has 0 aliphatic rings. The van der Waals surface area contributed by atoms with Gasteiger partial charge in [-0.3, -0.25) is 0 Å². The Hall–Kier alpha value is -6.32. The minimum atomic E-state index is 0.868. The average Bonchev–Trinajstić information content (AvgIpc) is 3.71. The first-order valence-corrected chi connectivity index (χ1v) is 15.9. The van der Waals surface area contributed by atoms with E-state index in [0.29, 0.717) is 0 Å². The van der Waals surface area contributed by atoms with Crippen LogP contribution in [-0.2, 0) is 0 Å². The lowest BCUT2D eigenvalue weighted by atomic mass is 9.96. The number of benzene rings is 8. The second-order valence-electron chi connectivity index (χ2n) is 12.1. The van der Waals surface area contributed by atoms with Crippen molar-refractivity contribution < 1.29 is 8.83 Å². The maximum Gasteiger partial charge on any atom is 0.137 e. The minimum absolute atomic E-state index is 0.868. The van der Waals surface area contributed by atoms with Crippen LogP contribution in [0.25, 0.3) is 76.5 Å². The van der Waals surface area contributed by atoms with Gasteiger partial charge >= 0.3 is 0 Å². The second-order valence-corrected chi connectivity index (χ2v) is 12.1. The number of hydrogen-bond donors (Lipinski definition) is 0. The van der Waals surface area contributed by atoms with Crippen LogP contribution in [0, 0.1) is 0 Å². The monoisotopic (exact) mass is 601 g/mol. The molecule has 0 unspecified atom stereocenters. The quantitative estimate of drug-likeness (QED) is 0.188. The third-order valence-corrected chi connectivity index (χ3v) is 9.44. The molecule has 0 bridgehead atoms. The summed E-state index contributed by atoms with van der Waals surface area (Å²) in [6.45, 7) is 0. The van der Waals surface area contributed by atoms with Crippen molar-refractivity contribution in [1.29, 1.82) is 0 Å². The molecule has 0 spiro atoms. The van der Waals surface area contributed by atoms with E-state index in [0.717, 1.165) is 60.9 Å². The van der Waals surface area contributed by atoms with Crippen molar-refractivity contribution in [3.05, 3.63) is 164 Å². The van der Waals surface area contributed by atoms with E-state index in [1.54, 1.807) is 0 Å². The largest absolute Gasteiger partial charge is 0.456 e. The molecule has 0 N–H and O–H groups in total. The number of furan rings is 2. The summed E-state index contributed by atoms with van der Waals surface area (Å²) in [5.74, 6) is 0. The summed E-state index contributed by atoms with van der Waals surface area (Å²) in [4.78, 5) is 2.37. The van der Waals surface area contributed by atoms with Gasteiger partial charge in [-0.05, 0) is 81.9 Å². The molecular weight excluding hydrogens is 574 g/mol. The predicted octanol–water partition coefficient (Wildman–Crippen LogP) is 12.9. The molecule has 0 aliphatic carbocycles. The SMILES string of the molecule is c1ccc(-c2ccc(N(c3ccc4ccc5ccc6oc7ccccc7c6c5c4c3)c3cccc4oc5ccccc5c34)cc2)cc1. The van der Waals surface area contributed by atoms with Crippen LogP contribution < -0.4 is 4.90 Å². The molecule has 0 amide bonds. The molecule has 0 atom stereocenters. The molecule has 2 aromatic heterocycles. The molecule has 0 saturated carbocycles. The maximum atomic E-state index is 6.36. The molecule has 8 aromatic carbocycles. The first-order valence-electron chi connectivity index (χ1n) is 15.9. The lowest BCUT2D eigenvalue weighted by Gasteiger charge is -2.27. The maximum absolute atomic E-state index is 6.36. The van der Waals surface area contributed by atoms with Crippen LogP contribution in [0.2, 0.25) is 0 Å². The van der Waals surface area contributed by atoms with Crippen LogP contribution in [0.3, 0.4) is 0 Å². The molecule has 0 saturated heterocycles. The Balaban J connectivity index is 1.27. The smallest absolute Gasteiger partial charge is 0.137 e. The van der Waals surface area contributed by atoms with Gasteiger partial charge in [-0.15, -0.1) is 0 Å².